The second-order valence-electron chi connectivity index (χ2n) is 7.01. The van der Waals surface area contributed by atoms with Gasteiger partial charge in [-0.3, -0.25) is 4.79 Å². The van der Waals surface area contributed by atoms with E-state index in [-0.39, 0.29) is 5.91 Å². The Morgan fingerprint density at radius 2 is 1.93 bits per heavy atom. The van der Waals surface area contributed by atoms with Crippen molar-refractivity contribution in [2.24, 2.45) is 0 Å². The molecule has 2 heterocycles. The lowest BCUT2D eigenvalue weighted by atomic mass is 10.00. The lowest BCUT2D eigenvalue weighted by molar-refractivity contribution is 0.0946. The van der Waals surface area contributed by atoms with Crippen molar-refractivity contribution in [3.8, 4) is 0 Å². The van der Waals surface area contributed by atoms with Crippen LogP contribution in [0.4, 0.5) is 5.69 Å². The molecule has 136 valence electrons. The number of rotatable bonds is 4. The molecule has 3 aromatic rings. The average Bonchev–Trinajstić information content (AvgIpc) is 2.72. The molecule has 1 N–H and O–H groups in total. The van der Waals surface area contributed by atoms with E-state index in [0.717, 1.165) is 30.8 Å². The highest BCUT2D eigenvalue weighted by Crippen LogP contribution is 2.23. The van der Waals surface area contributed by atoms with Crippen molar-refractivity contribution < 1.29 is 4.79 Å². The van der Waals surface area contributed by atoms with E-state index in [1.165, 1.54) is 16.7 Å². The predicted molar refractivity (Wildman–Crippen MR) is 108 cm³/mol. The lowest BCUT2D eigenvalue weighted by Crippen LogP contribution is -2.30. The van der Waals surface area contributed by atoms with Gasteiger partial charge >= 0.3 is 0 Å². The molecule has 1 aromatic heterocycles. The Kier molecular flexibility index (Phi) is 4.88. The second-order valence-corrected chi connectivity index (χ2v) is 7.01. The Morgan fingerprint density at radius 3 is 2.70 bits per heavy atom. The summed E-state index contributed by atoms with van der Waals surface area (Å²) in [7, 11) is 0. The molecular weight excluding hydrogens is 334 g/mol. The van der Waals surface area contributed by atoms with Crippen LogP contribution in [0.5, 0.6) is 0 Å². The van der Waals surface area contributed by atoms with E-state index in [4.69, 9.17) is 0 Å². The van der Waals surface area contributed by atoms with Crippen LogP contribution in [0, 0.1) is 6.92 Å². The van der Waals surface area contributed by atoms with E-state index < -0.39 is 0 Å². The van der Waals surface area contributed by atoms with Crippen LogP contribution in [0.15, 0.2) is 66.9 Å². The van der Waals surface area contributed by atoms with Crippen molar-refractivity contribution in [1.29, 1.82) is 0 Å². The number of anilines is 1. The Balaban J connectivity index is 1.39. The van der Waals surface area contributed by atoms with Gasteiger partial charge < -0.3 is 10.2 Å². The standard InChI is InChI=1S/C23H23N3O/c1-17-5-4-6-18(13-17)14-25-23(27)22-10-9-21(15-24-22)26-12-11-19-7-2-3-8-20(19)16-26/h2-10,13,15H,11-12,14,16H2,1H3,(H,25,27). The number of pyridine rings is 1. The van der Waals surface area contributed by atoms with Crippen molar-refractivity contribution >= 4 is 11.6 Å². The molecule has 0 unspecified atom stereocenters. The highest BCUT2D eigenvalue weighted by molar-refractivity contribution is 5.92. The second kappa shape index (κ2) is 7.62. The minimum absolute atomic E-state index is 0.146. The van der Waals surface area contributed by atoms with Gasteiger partial charge in [-0.15, -0.1) is 0 Å². The Morgan fingerprint density at radius 1 is 1.07 bits per heavy atom. The number of fused-ring (bicyclic) bond motifs is 1. The number of carbonyl (C=O) groups excluding carboxylic acids is 1. The minimum atomic E-state index is -0.146. The highest BCUT2D eigenvalue weighted by Gasteiger charge is 2.17. The zero-order chi connectivity index (χ0) is 18.6. The van der Waals surface area contributed by atoms with E-state index in [2.05, 4.69) is 45.5 Å². The molecule has 4 heteroatoms. The largest absolute Gasteiger partial charge is 0.366 e. The fraction of sp³-hybridized carbons (Fsp3) is 0.217. The molecule has 27 heavy (non-hydrogen) atoms. The van der Waals surface area contributed by atoms with Crippen molar-refractivity contribution in [2.75, 3.05) is 11.4 Å². The quantitative estimate of drug-likeness (QED) is 0.771. The van der Waals surface area contributed by atoms with Gasteiger partial charge in [0.1, 0.15) is 5.69 Å². The number of amides is 1. The van der Waals surface area contributed by atoms with Gasteiger partial charge in [0.2, 0.25) is 0 Å². The first-order valence-electron chi connectivity index (χ1n) is 9.30. The maximum absolute atomic E-state index is 12.4. The summed E-state index contributed by atoms with van der Waals surface area (Å²) in [6.07, 6.45) is 2.84. The lowest BCUT2D eigenvalue weighted by Gasteiger charge is -2.30. The van der Waals surface area contributed by atoms with Crippen molar-refractivity contribution in [3.63, 3.8) is 0 Å². The molecule has 0 radical (unpaired) electrons. The number of carbonyl (C=O) groups is 1. The van der Waals surface area contributed by atoms with Gasteiger partial charge in [-0.2, -0.15) is 0 Å². The monoisotopic (exact) mass is 357 g/mol. The highest BCUT2D eigenvalue weighted by atomic mass is 16.1. The normalized spacial score (nSPS) is 13.1. The van der Waals surface area contributed by atoms with Crippen LogP contribution in [0.2, 0.25) is 0 Å². The third-order valence-electron chi connectivity index (χ3n) is 5.01. The molecule has 4 rings (SSSR count). The molecule has 4 nitrogen and oxygen atoms in total. The van der Waals surface area contributed by atoms with Crippen LogP contribution >= 0.6 is 0 Å². The van der Waals surface area contributed by atoms with Gasteiger partial charge in [0.15, 0.2) is 0 Å². The maximum Gasteiger partial charge on any atom is 0.270 e. The molecule has 0 bridgehead atoms. The third kappa shape index (κ3) is 4.00. The van der Waals surface area contributed by atoms with E-state index in [0.29, 0.717) is 12.2 Å². The van der Waals surface area contributed by atoms with Gasteiger partial charge in [-0.1, -0.05) is 54.1 Å². The Bertz CT molecular complexity index is 950. The first-order chi connectivity index (χ1) is 13.2. The molecule has 1 aliphatic heterocycles. The van der Waals surface area contributed by atoms with E-state index in [1.54, 1.807) is 12.3 Å². The SMILES string of the molecule is Cc1cccc(CNC(=O)c2ccc(N3CCc4ccccc4C3)cn2)c1. The summed E-state index contributed by atoms with van der Waals surface area (Å²) in [5.74, 6) is -0.146. The summed E-state index contributed by atoms with van der Waals surface area (Å²) in [5, 5.41) is 2.94. The fourth-order valence-electron chi connectivity index (χ4n) is 3.52. The number of aromatic nitrogens is 1. The Hall–Kier alpha value is -3.14. The fourth-order valence-corrected chi connectivity index (χ4v) is 3.52. The summed E-state index contributed by atoms with van der Waals surface area (Å²) in [6.45, 7) is 4.41. The minimum Gasteiger partial charge on any atom is -0.366 e. The molecule has 0 aliphatic carbocycles. The summed E-state index contributed by atoms with van der Waals surface area (Å²) >= 11 is 0. The Labute approximate surface area is 159 Å². The maximum atomic E-state index is 12.4. The van der Waals surface area contributed by atoms with Crippen molar-refractivity contribution in [1.82, 2.24) is 10.3 Å². The molecule has 1 aliphatic rings. The average molecular weight is 357 g/mol. The summed E-state index contributed by atoms with van der Waals surface area (Å²) in [6, 6.07) is 20.5. The number of nitrogens with zero attached hydrogens (tertiary/aromatic N) is 2. The van der Waals surface area contributed by atoms with Gasteiger partial charge in [-0.05, 0) is 42.2 Å². The van der Waals surface area contributed by atoms with Crippen molar-refractivity contribution in [2.45, 2.75) is 26.4 Å². The van der Waals surface area contributed by atoms with Crippen molar-refractivity contribution in [3.05, 3.63) is 94.8 Å². The molecule has 1 amide bonds. The van der Waals surface area contributed by atoms with Gasteiger partial charge in [-0.25, -0.2) is 4.98 Å². The number of aryl methyl sites for hydroxylation is 1. The number of hydrogen-bond acceptors (Lipinski definition) is 3. The van der Waals surface area contributed by atoms with Crippen LogP contribution in [0.25, 0.3) is 0 Å². The van der Waals surface area contributed by atoms with Gasteiger partial charge in [0, 0.05) is 19.6 Å². The smallest absolute Gasteiger partial charge is 0.270 e. The number of nitrogens with one attached hydrogen (secondary N) is 1. The van der Waals surface area contributed by atoms with Gasteiger partial charge in [0.25, 0.3) is 5.91 Å². The van der Waals surface area contributed by atoms with Crippen LogP contribution in [-0.2, 0) is 19.5 Å². The summed E-state index contributed by atoms with van der Waals surface area (Å²) < 4.78 is 0. The molecule has 0 fully saturated rings. The first kappa shape index (κ1) is 17.3. The van der Waals surface area contributed by atoms with Gasteiger partial charge in [0.05, 0.1) is 11.9 Å². The number of benzene rings is 2. The van der Waals surface area contributed by atoms with Crippen LogP contribution in [0.3, 0.4) is 0 Å². The summed E-state index contributed by atoms with van der Waals surface area (Å²) in [4.78, 5) is 19.1. The van der Waals surface area contributed by atoms with E-state index >= 15 is 0 Å². The molecule has 2 aromatic carbocycles. The van der Waals surface area contributed by atoms with Crippen LogP contribution in [-0.4, -0.2) is 17.4 Å². The molecule has 0 atom stereocenters. The van der Waals surface area contributed by atoms with E-state index in [9.17, 15) is 4.79 Å². The summed E-state index contributed by atoms with van der Waals surface area (Å²) in [5.41, 5.74) is 6.57. The number of hydrogen-bond donors (Lipinski definition) is 1. The zero-order valence-corrected chi connectivity index (χ0v) is 15.5. The third-order valence-corrected chi connectivity index (χ3v) is 5.01. The molecule has 0 saturated heterocycles. The molecule has 0 spiro atoms. The topological polar surface area (TPSA) is 45.2 Å². The zero-order valence-electron chi connectivity index (χ0n) is 15.5. The van der Waals surface area contributed by atoms with E-state index in [1.807, 2.05) is 31.2 Å². The molecular formula is C23H23N3O. The van der Waals surface area contributed by atoms with Crippen LogP contribution in [0.1, 0.15) is 32.7 Å². The van der Waals surface area contributed by atoms with Crippen LogP contribution < -0.4 is 10.2 Å². The predicted octanol–water partition coefficient (Wildman–Crippen LogP) is 3.88. The first-order valence-corrected chi connectivity index (χ1v) is 9.30. The molecule has 0 saturated carbocycles.